The molecule has 0 unspecified atom stereocenters. The molecular formula is C15H7F9O. The van der Waals surface area contributed by atoms with Crippen molar-refractivity contribution in [1.29, 1.82) is 0 Å². The Morgan fingerprint density at radius 2 is 1.12 bits per heavy atom. The van der Waals surface area contributed by atoms with Gasteiger partial charge in [0.05, 0.1) is 16.7 Å². The van der Waals surface area contributed by atoms with E-state index in [1.165, 1.54) is 0 Å². The van der Waals surface area contributed by atoms with Gasteiger partial charge >= 0.3 is 18.5 Å². The lowest BCUT2D eigenvalue weighted by atomic mass is 9.91. The minimum absolute atomic E-state index is 0.380. The molecule has 0 atom stereocenters. The highest BCUT2D eigenvalue weighted by atomic mass is 19.4. The van der Waals surface area contributed by atoms with Crippen molar-refractivity contribution in [3.8, 4) is 16.9 Å². The molecule has 0 radical (unpaired) electrons. The van der Waals surface area contributed by atoms with E-state index in [0.29, 0.717) is 6.07 Å². The number of aromatic hydroxyl groups is 1. The Hall–Kier alpha value is -2.39. The number of benzene rings is 2. The third kappa shape index (κ3) is 3.99. The fourth-order valence-corrected chi connectivity index (χ4v) is 2.23. The van der Waals surface area contributed by atoms with Crippen molar-refractivity contribution >= 4 is 0 Å². The predicted molar refractivity (Wildman–Crippen MR) is 68.5 cm³/mol. The Morgan fingerprint density at radius 3 is 1.48 bits per heavy atom. The first-order valence-electron chi connectivity index (χ1n) is 6.40. The molecule has 0 saturated heterocycles. The first kappa shape index (κ1) is 18.9. The normalized spacial score (nSPS) is 13.2. The zero-order valence-corrected chi connectivity index (χ0v) is 11.8. The van der Waals surface area contributed by atoms with Crippen LogP contribution in [0.4, 0.5) is 39.5 Å². The minimum atomic E-state index is -5.48. The van der Waals surface area contributed by atoms with Gasteiger partial charge in [-0.25, -0.2) is 0 Å². The molecule has 136 valence electrons. The van der Waals surface area contributed by atoms with E-state index in [4.69, 9.17) is 0 Å². The van der Waals surface area contributed by atoms with Gasteiger partial charge in [-0.15, -0.1) is 0 Å². The lowest BCUT2D eigenvalue weighted by molar-refractivity contribution is -0.147. The SMILES string of the molecule is Oc1cccc(-c2c(C(F)(F)F)cc(C(F)(F)F)cc2C(F)(F)F)c1. The molecule has 1 nitrogen and oxygen atoms in total. The van der Waals surface area contributed by atoms with E-state index in [1.807, 2.05) is 0 Å². The van der Waals surface area contributed by atoms with Gasteiger partial charge in [-0.2, -0.15) is 39.5 Å². The average molecular weight is 374 g/mol. The highest BCUT2D eigenvalue weighted by Crippen LogP contribution is 2.47. The molecule has 0 saturated carbocycles. The lowest BCUT2D eigenvalue weighted by Gasteiger charge is -2.21. The Bertz CT molecular complexity index is 750. The fourth-order valence-electron chi connectivity index (χ4n) is 2.23. The van der Waals surface area contributed by atoms with E-state index in [-0.39, 0.29) is 12.1 Å². The molecule has 10 heteroatoms. The third-order valence-corrected chi connectivity index (χ3v) is 3.21. The standard InChI is InChI=1S/C15H7F9O/c16-13(17,18)8-5-10(14(19,20)21)12(11(6-8)15(22,23)24)7-2-1-3-9(25)4-7/h1-6,25H. The van der Waals surface area contributed by atoms with Crippen LogP contribution in [0, 0.1) is 0 Å². The highest BCUT2D eigenvalue weighted by molar-refractivity contribution is 5.74. The van der Waals surface area contributed by atoms with Crippen molar-refractivity contribution in [2.45, 2.75) is 18.5 Å². The summed E-state index contributed by atoms with van der Waals surface area (Å²) in [5.74, 6) is -0.640. The summed E-state index contributed by atoms with van der Waals surface area (Å²) in [6, 6.07) is 2.64. The van der Waals surface area contributed by atoms with Crippen LogP contribution in [0.5, 0.6) is 5.75 Å². The summed E-state index contributed by atoms with van der Waals surface area (Å²) in [5.41, 5.74) is -8.46. The molecule has 2 aromatic carbocycles. The van der Waals surface area contributed by atoms with Gasteiger partial charge in [0.2, 0.25) is 0 Å². The summed E-state index contributed by atoms with van der Waals surface area (Å²) in [7, 11) is 0. The van der Waals surface area contributed by atoms with Gasteiger partial charge in [0.1, 0.15) is 5.75 Å². The van der Waals surface area contributed by atoms with Crippen LogP contribution >= 0.6 is 0 Å². The maximum Gasteiger partial charge on any atom is 0.417 e. The fraction of sp³-hybridized carbons (Fsp3) is 0.200. The maximum absolute atomic E-state index is 13.2. The van der Waals surface area contributed by atoms with Crippen molar-refractivity contribution in [2.24, 2.45) is 0 Å². The molecule has 2 rings (SSSR count). The number of alkyl halides is 9. The van der Waals surface area contributed by atoms with Crippen LogP contribution in [0.2, 0.25) is 0 Å². The third-order valence-electron chi connectivity index (χ3n) is 3.21. The molecular weight excluding hydrogens is 367 g/mol. The van der Waals surface area contributed by atoms with Crippen LogP contribution in [-0.4, -0.2) is 5.11 Å². The second-order valence-corrected chi connectivity index (χ2v) is 4.99. The average Bonchev–Trinajstić information content (AvgIpc) is 2.43. The highest BCUT2D eigenvalue weighted by Gasteiger charge is 2.45. The summed E-state index contributed by atoms with van der Waals surface area (Å²) in [5, 5.41) is 9.30. The molecule has 0 aliphatic rings. The Morgan fingerprint density at radius 1 is 0.640 bits per heavy atom. The molecule has 25 heavy (non-hydrogen) atoms. The first-order valence-corrected chi connectivity index (χ1v) is 6.40. The zero-order chi connectivity index (χ0) is 19.2. The topological polar surface area (TPSA) is 20.2 Å². The van der Waals surface area contributed by atoms with E-state index in [1.54, 1.807) is 0 Å². The molecule has 0 spiro atoms. The van der Waals surface area contributed by atoms with E-state index in [9.17, 15) is 44.6 Å². The Balaban J connectivity index is 2.97. The molecule has 1 N–H and O–H groups in total. The molecule has 0 aliphatic carbocycles. The van der Waals surface area contributed by atoms with Gasteiger partial charge in [0.15, 0.2) is 0 Å². The summed E-state index contributed by atoms with van der Waals surface area (Å²) in [6.07, 6.45) is -16.4. The van der Waals surface area contributed by atoms with Gasteiger partial charge in [0.25, 0.3) is 0 Å². The smallest absolute Gasteiger partial charge is 0.417 e. The Labute approximate surface area is 134 Å². The molecule has 0 amide bonds. The molecule has 2 aromatic rings. The van der Waals surface area contributed by atoms with Crippen molar-refractivity contribution in [3.05, 3.63) is 53.1 Å². The van der Waals surface area contributed by atoms with Gasteiger partial charge < -0.3 is 5.11 Å². The van der Waals surface area contributed by atoms with E-state index in [0.717, 1.165) is 18.2 Å². The number of rotatable bonds is 1. The summed E-state index contributed by atoms with van der Waals surface area (Å²) < 4.78 is 117. The summed E-state index contributed by atoms with van der Waals surface area (Å²) in [6.45, 7) is 0. The number of phenolic OH excluding ortho intramolecular Hbond substituents is 1. The number of halogens is 9. The second kappa shape index (κ2) is 5.85. The van der Waals surface area contributed by atoms with Crippen LogP contribution in [0.1, 0.15) is 16.7 Å². The molecule has 0 bridgehead atoms. The van der Waals surface area contributed by atoms with Crippen molar-refractivity contribution in [2.75, 3.05) is 0 Å². The molecule has 0 aliphatic heterocycles. The minimum Gasteiger partial charge on any atom is -0.508 e. The number of hydrogen-bond donors (Lipinski definition) is 1. The molecule has 0 fully saturated rings. The Kier molecular flexibility index (Phi) is 4.43. The van der Waals surface area contributed by atoms with E-state index >= 15 is 0 Å². The predicted octanol–water partition coefficient (Wildman–Crippen LogP) is 6.12. The van der Waals surface area contributed by atoms with Crippen LogP contribution in [0.15, 0.2) is 36.4 Å². The quantitative estimate of drug-likeness (QED) is 0.597. The molecule has 0 heterocycles. The van der Waals surface area contributed by atoms with Crippen molar-refractivity contribution in [3.63, 3.8) is 0 Å². The van der Waals surface area contributed by atoms with E-state index in [2.05, 4.69) is 0 Å². The first-order chi connectivity index (χ1) is 11.2. The maximum atomic E-state index is 13.2. The second-order valence-electron chi connectivity index (χ2n) is 4.99. The van der Waals surface area contributed by atoms with E-state index < -0.39 is 52.1 Å². The summed E-state index contributed by atoms with van der Waals surface area (Å²) >= 11 is 0. The van der Waals surface area contributed by atoms with Crippen LogP contribution in [0.3, 0.4) is 0 Å². The van der Waals surface area contributed by atoms with Crippen molar-refractivity contribution < 1.29 is 44.6 Å². The number of hydrogen-bond acceptors (Lipinski definition) is 1. The van der Waals surface area contributed by atoms with Crippen LogP contribution in [-0.2, 0) is 18.5 Å². The van der Waals surface area contributed by atoms with Gasteiger partial charge in [-0.1, -0.05) is 12.1 Å². The van der Waals surface area contributed by atoms with Gasteiger partial charge in [-0.05, 0) is 29.8 Å². The zero-order valence-electron chi connectivity index (χ0n) is 11.8. The molecule has 0 aromatic heterocycles. The van der Waals surface area contributed by atoms with Crippen LogP contribution in [0.25, 0.3) is 11.1 Å². The van der Waals surface area contributed by atoms with Gasteiger partial charge in [-0.3, -0.25) is 0 Å². The monoisotopic (exact) mass is 374 g/mol. The largest absolute Gasteiger partial charge is 0.508 e. The lowest BCUT2D eigenvalue weighted by Crippen LogP contribution is -2.18. The van der Waals surface area contributed by atoms with Gasteiger partial charge in [0, 0.05) is 5.56 Å². The van der Waals surface area contributed by atoms with Crippen LogP contribution < -0.4 is 0 Å². The van der Waals surface area contributed by atoms with Crippen molar-refractivity contribution in [1.82, 2.24) is 0 Å². The summed E-state index contributed by atoms with van der Waals surface area (Å²) in [4.78, 5) is 0. The number of phenols is 1.